The molecule has 0 saturated carbocycles. The predicted octanol–water partition coefficient (Wildman–Crippen LogP) is 0.829. The number of hydroxylamine groups is 1. The standard InChI is InChI=1S/C10H13N3O2/c1-12-9-4-2-7(6-8(9)11)3-5-10(14)13-15/h2-6,12,15H,11H2,1H3,(H,13,14)/b5-3+. The van der Waals surface area contributed by atoms with Crippen LogP contribution < -0.4 is 16.5 Å². The van der Waals surface area contributed by atoms with Crippen LogP contribution in [0.3, 0.4) is 0 Å². The van der Waals surface area contributed by atoms with E-state index in [-0.39, 0.29) is 0 Å². The van der Waals surface area contributed by atoms with E-state index in [0.717, 1.165) is 11.3 Å². The van der Waals surface area contributed by atoms with Gasteiger partial charge in [0.15, 0.2) is 0 Å². The Kier molecular flexibility index (Phi) is 3.70. The van der Waals surface area contributed by atoms with E-state index in [1.807, 2.05) is 12.1 Å². The number of hydrogen-bond donors (Lipinski definition) is 4. The fourth-order valence-corrected chi connectivity index (χ4v) is 1.12. The number of hydrogen-bond acceptors (Lipinski definition) is 4. The fraction of sp³-hybridized carbons (Fsp3) is 0.100. The van der Waals surface area contributed by atoms with Crippen LogP contribution in [0, 0.1) is 0 Å². The maximum Gasteiger partial charge on any atom is 0.267 e. The van der Waals surface area contributed by atoms with Crippen LogP contribution in [-0.2, 0) is 4.79 Å². The third kappa shape index (κ3) is 2.99. The highest BCUT2D eigenvalue weighted by Gasteiger charge is 1.97. The third-order valence-corrected chi connectivity index (χ3v) is 1.88. The lowest BCUT2D eigenvalue weighted by Gasteiger charge is -2.04. The molecule has 0 heterocycles. The molecular weight excluding hydrogens is 194 g/mol. The average molecular weight is 207 g/mol. The number of nitrogen functional groups attached to an aromatic ring is 1. The molecule has 0 unspecified atom stereocenters. The highest BCUT2D eigenvalue weighted by atomic mass is 16.5. The number of rotatable bonds is 3. The molecule has 5 N–H and O–H groups in total. The maximum atomic E-state index is 10.7. The number of nitrogens with one attached hydrogen (secondary N) is 2. The zero-order valence-electron chi connectivity index (χ0n) is 8.32. The fourth-order valence-electron chi connectivity index (χ4n) is 1.12. The molecule has 0 aliphatic heterocycles. The molecule has 0 bridgehead atoms. The summed E-state index contributed by atoms with van der Waals surface area (Å²) in [6, 6.07) is 5.35. The first-order chi connectivity index (χ1) is 7.17. The topological polar surface area (TPSA) is 87.4 Å². The van der Waals surface area contributed by atoms with E-state index in [1.54, 1.807) is 19.2 Å². The molecule has 1 aromatic carbocycles. The van der Waals surface area contributed by atoms with Gasteiger partial charge in [-0.15, -0.1) is 0 Å². The highest BCUT2D eigenvalue weighted by molar-refractivity contribution is 5.91. The molecule has 1 rings (SSSR count). The van der Waals surface area contributed by atoms with Crippen molar-refractivity contribution in [2.24, 2.45) is 0 Å². The zero-order chi connectivity index (χ0) is 11.3. The smallest absolute Gasteiger partial charge is 0.267 e. The molecule has 0 atom stereocenters. The van der Waals surface area contributed by atoms with Gasteiger partial charge in [-0.05, 0) is 23.8 Å². The third-order valence-electron chi connectivity index (χ3n) is 1.88. The Hall–Kier alpha value is -2.01. The Labute approximate surface area is 87.6 Å². The van der Waals surface area contributed by atoms with Gasteiger partial charge in [0.1, 0.15) is 0 Å². The molecule has 0 aromatic heterocycles. The van der Waals surface area contributed by atoms with Gasteiger partial charge < -0.3 is 11.1 Å². The summed E-state index contributed by atoms with van der Waals surface area (Å²) >= 11 is 0. The number of anilines is 2. The lowest BCUT2D eigenvalue weighted by atomic mass is 10.1. The highest BCUT2D eigenvalue weighted by Crippen LogP contribution is 2.19. The van der Waals surface area contributed by atoms with Crippen LogP contribution in [0.5, 0.6) is 0 Å². The minimum atomic E-state index is -0.578. The SMILES string of the molecule is CNc1ccc(/C=C/C(=O)NO)cc1N. The minimum Gasteiger partial charge on any atom is -0.397 e. The van der Waals surface area contributed by atoms with E-state index in [1.165, 1.54) is 11.6 Å². The zero-order valence-corrected chi connectivity index (χ0v) is 8.32. The molecule has 1 aromatic rings. The second kappa shape index (κ2) is 5.02. The minimum absolute atomic E-state index is 0.578. The van der Waals surface area contributed by atoms with E-state index in [2.05, 4.69) is 5.32 Å². The number of nitrogens with two attached hydrogens (primary N) is 1. The largest absolute Gasteiger partial charge is 0.397 e. The van der Waals surface area contributed by atoms with E-state index in [9.17, 15) is 4.79 Å². The van der Waals surface area contributed by atoms with Crippen molar-refractivity contribution in [2.45, 2.75) is 0 Å². The van der Waals surface area contributed by atoms with Gasteiger partial charge in [0.25, 0.3) is 5.91 Å². The van der Waals surface area contributed by atoms with Crippen molar-refractivity contribution in [3.8, 4) is 0 Å². The normalized spacial score (nSPS) is 10.3. The van der Waals surface area contributed by atoms with Gasteiger partial charge in [-0.1, -0.05) is 6.07 Å². The first kappa shape index (κ1) is 11.1. The molecule has 0 saturated heterocycles. The first-order valence-corrected chi connectivity index (χ1v) is 4.37. The lowest BCUT2D eigenvalue weighted by molar-refractivity contribution is -0.124. The second-order valence-electron chi connectivity index (χ2n) is 2.91. The molecule has 15 heavy (non-hydrogen) atoms. The van der Waals surface area contributed by atoms with Gasteiger partial charge >= 0.3 is 0 Å². The summed E-state index contributed by atoms with van der Waals surface area (Å²) in [5.74, 6) is -0.578. The van der Waals surface area contributed by atoms with Crippen LogP contribution >= 0.6 is 0 Å². The van der Waals surface area contributed by atoms with Crippen LogP contribution in [0.15, 0.2) is 24.3 Å². The van der Waals surface area contributed by atoms with Crippen LogP contribution in [-0.4, -0.2) is 18.2 Å². The molecular formula is C10H13N3O2. The Balaban J connectivity index is 2.84. The van der Waals surface area contributed by atoms with Crippen LogP contribution in [0.1, 0.15) is 5.56 Å². The summed E-state index contributed by atoms with van der Waals surface area (Å²) in [6.07, 6.45) is 2.77. The van der Waals surface area contributed by atoms with Crippen molar-refractivity contribution in [3.05, 3.63) is 29.8 Å². The summed E-state index contributed by atoms with van der Waals surface area (Å²) in [4.78, 5) is 10.7. The first-order valence-electron chi connectivity index (χ1n) is 4.37. The summed E-state index contributed by atoms with van der Waals surface area (Å²) in [6.45, 7) is 0. The average Bonchev–Trinajstić information content (AvgIpc) is 2.26. The van der Waals surface area contributed by atoms with Gasteiger partial charge in [0.2, 0.25) is 0 Å². The number of carbonyl (C=O) groups excluding carboxylic acids is 1. The van der Waals surface area contributed by atoms with Crippen molar-refractivity contribution in [1.82, 2.24) is 5.48 Å². The van der Waals surface area contributed by atoms with E-state index in [0.29, 0.717) is 5.69 Å². The summed E-state index contributed by atoms with van der Waals surface area (Å²) in [5, 5.41) is 11.2. The van der Waals surface area contributed by atoms with Crippen LogP contribution in [0.4, 0.5) is 11.4 Å². The van der Waals surface area contributed by atoms with Crippen molar-refractivity contribution in [1.29, 1.82) is 0 Å². The van der Waals surface area contributed by atoms with Gasteiger partial charge in [0, 0.05) is 13.1 Å². The van der Waals surface area contributed by atoms with Gasteiger partial charge in [0.05, 0.1) is 11.4 Å². The Bertz CT molecular complexity index is 388. The molecule has 5 heteroatoms. The molecule has 0 aliphatic rings. The van der Waals surface area contributed by atoms with Crippen LogP contribution in [0.25, 0.3) is 6.08 Å². The molecule has 0 fully saturated rings. The number of carbonyl (C=O) groups is 1. The maximum absolute atomic E-state index is 10.7. The van der Waals surface area contributed by atoms with Crippen molar-refractivity contribution < 1.29 is 10.0 Å². The number of amides is 1. The second-order valence-corrected chi connectivity index (χ2v) is 2.91. The summed E-state index contributed by atoms with van der Waals surface area (Å²) in [5.41, 5.74) is 9.45. The van der Waals surface area contributed by atoms with Crippen LogP contribution in [0.2, 0.25) is 0 Å². The number of benzene rings is 1. The Morgan fingerprint density at radius 2 is 2.27 bits per heavy atom. The molecule has 5 nitrogen and oxygen atoms in total. The van der Waals surface area contributed by atoms with Crippen molar-refractivity contribution >= 4 is 23.4 Å². The Morgan fingerprint density at radius 1 is 1.53 bits per heavy atom. The summed E-state index contributed by atoms with van der Waals surface area (Å²) in [7, 11) is 1.78. The molecule has 1 amide bonds. The molecule has 0 spiro atoms. The van der Waals surface area contributed by atoms with E-state index >= 15 is 0 Å². The van der Waals surface area contributed by atoms with E-state index in [4.69, 9.17) is 10.9 Å². The monoisotopic (exact) mass is 207 g/mol. The van der Waals surface area contributed by atoms with Gasteiger partial charge in [-0.25, -0.2) is 5.48 Å². The molecule has 0 aliphatic carbocycles. The summed E-state index contributed by atoms with van der Waals surface area (Å²) < 4.78 is 0. The van der Waals surface area contributed by atoms with E-state index < -0.39 is 5.91 Å². The van der Waals surface area contributed by atoms with Gasteiger partial charge in [-0.3, -0.25) is 10.0 Å². The van der Waals surface area contributed by atoms with Crippen molar-refractivity contribution in [2.75, 3.05) is 18.1 Å². The predicted molar refractivity (Wildman–Crippen MR) is 59.4 cm³/mol. The Morgan fingerprint density at radius 3 is 2.80 bits per heavy atom. The lowest BCUT2D eigenvalue weighted by Crippen LogP contribution is -2.14. The van der Waals surface area contributed by atoms with Crippen molar-refractivity contribution in [3.63, 3.8) is 0 Å². The molecule has 80 valence electrons. The van der Waals surface area contributed by atoms with Gasteiger partial charge in [-0.2, -0.15) is 0 Å². The quantitative estimate of drug-likeness (QED) is 0.256. The molecule has 0 radical (unpaired) electrons.